The Labute approximate surface area is 129 Å². The number of alkyl halides is 1. The van der Waals surface area contributed by atoms with E-state index in [0.29, 0.717) is 22.7 Å². The first-order chi connectivity index (χ1) is 9.98. The van der Waals surface area contributed by atoms with E-state index in [4.69, 9.17) is 16.3 Å². The topological polar surface area (TPSA) is 52.8 Å². The Morgan fingerprint density at radius 2 is 2.05 bits per heavy atom. The molecule has 3 rings (SSSR count). The van der Waals surface area contributed by atoms with Crippen molar-refractivity contribution in [3.8, 4) is 5.88 Å². The lowest BCUT2D eigenvalue weighted by atomic mass is 9.92. The van der Waals surface area contributed by atoms with Crippen LogP contribution in [-0.2, 0) is 6.54 Å². The quantitative estimate of drug-likeness (QED) is 0.792. The lowest BCUT2D eigenvalue weighted by molar-refractivity contribution is 0.308. The molecule has 1 aliphatic rings. The number of rotatable bonds is 5. The van der Waals surface area contributed by atoms with E-state index in [1.165, 1.54) is 19.2 Å². The molecule has 21 heavy (non-hydrogen) atoms. The molecule has 6 heteroatoms. The van der Waals surface area contributed by atoms with Crippen molar-refractivity contribution in [3.63, 3.8) is 0 Å². The maximum absolute atomic E-state index is 6.33. The van der Waals surface area contributed by atoms with Crippen LogP contribution in [0.5, 0.6) is 5.88 Å². The summed E-state index contributed by atoms with van der Waals surface area (Å²) in [6.45, 7) is 7.42. The molecule has 1 fully saturated rings. The molecule has 0 amide bonds. The molecule has 0 spiro atoms. The Hall–Kier alpha value is -1.36. The van der Waals surface area contributed by atoms with Crippen LogP contribution in [0, 0.1) is 11.3 Å². The smallest absolute Gasteiger partial charge is 0.245 e. The lowest BCUT2D eigenvalue weighted by Crippen LogP contribution is -2.19. The number of imidazole rings is 1. The largest absolute Gasteiger partial charge is 0.479 e. The highest BCUT2D eigenvalue weighted by atomic mass is 35.5. The van der Waals surface area contributed by atoms with Crippen LogP contribution in [0.3, 0.4) is 0 Å². The summed E-state index contributed by atoms with van der Waals surface area (Å²) in [6.07, 6.45) is 4.03. The molecule has 2 aromatic heterocycles. The first-order valence-corrected chi connectivity index (χ1v) is 7.81. The van der Waals surface area contributed by atoms with E-state index in [9.17, 15) is 0 Å². The highest BCUT2D eigenvalue weighted by Crippen LogP contribution is 2.53. The molecule has 2 heterocycles. The second kappa shape index (κ2) is 5.13. The predicted octanol–water partition coefficient (Wildman–Crippen LogP) is 3.57. The van der Waals surface area contributed by atoms with Crippen molar-refractivity contribution in [2.24, 2.45) is 11.3 Å². The lowest BCUT2D eigenvalue weighted by Gasteiger charge is -2.22. The van der Waals surface area contributed by atoms with Crippen LogP contribution in [0.4, 0.5) is 0 Å². The van der Waals surface area contributed by atoms with E-state index < -0.39 is 0 Å². The van der Waals surface area contributed by atoms with Crippen LogP contribution in [0.15, 0.2) is 6.33 Å². The molecule has 1 atom stereocenters. The van der Waals surface area contributed by atoms with Gasteiger partial charge in [0.1, 0.15) is 12.2 Å². The van der Waals surface area contributed by atoms with Gasteiger partial charge in [-0.05, 0) is 31.1 Å². The summed E-state index contributed by atoms with van der Waals surface area (Å²) in [6, 6.07) is 0. The fourth-order valence-corrected chi connectivity index (χ4v) is 3.10. The zero-order valence-corrected chi connectivity index (χ0v) is 13.7. The average Bonchev–Trinajstić information content (AvgIpc) is 3.14. The van der Waals surface area contributed by atoms with E-state index >= 15 is 0 Å². The van der Waals surface area contributed by atoms with Crippen molar-refractivity contribution in [2.45, 2.75) is 45.5 Å². The summed E-state index contributed by atoms with van der Waals surface area (Å²) in [7, 11) is 1.60. The van der Waals surface area contributed by atoms with Gasteiger partial charge in [-0.2, -0.15) is 4.98 Å². The van der Waals surface area contributed by atoms with Crippen molar-refractivity contribution in [1.29, 1.82) is 0 Å². The number of halogens is 1. The van der Waals surface area contributed by atoms with E-state index in [-0.39, 0.29) is 5.38 Å². The second-order valence-corrected chi connectivity index (χ2v) is 6.90. The maximum Gasteiger partial charge on any atom is 0.245 e. The minimum atomic E-state index is -0.174. The Morgan fingerprint density at radius 1 is 1.33 bits per heavy atom. The number of aromatic nitrogens is 4. The first-order valence-electron chi connectivity index (χ1n) is 7.37. The fourth-order valence-electron chi connectivity index (χ4n) is 2.94. The van der Waals surface area contributed by atoms with Gasteiger partial charge in [-0.3, -0.25) is 0 Å². The summed E-state index contributed by atoms with van der Waals surface area (Å²) in [5, 5.41) is -0.174. The van der Waals surface area contributed by atoms with Crippen LogP contribution in [-0.4, -0.2) is 26.6 Å². The van der Waals surface area contributed by atoms with Gasteiger partial charge >= 0.3 is 0 Å². The number of fused-ring (bicyclic) bond motifs is 1. The van der Waals surface area contributed by atoms with Crippen LogP contribution in [0.25, 0.3) is 11.2 Å². The summed E-state index contributed by atoms with van der Waals surface area (Å²) in [4.78, 5) is 13.2. The SMILES string of the molecule is COc1ncnc2c1nc(C(C)Cl)n2CC1(C(C)C)CC1. The Kier molecular flexibility index (Phi) is 3.56. The Morgan fingerprint density at radius 3 is 2.57 bits per heavy atom. The highest BCUT2D eigenvalue weighted by Gasteiger charge is 2.46. The molecule has 0 radical (unpaired) electrons. The summed E-state index contributed by atoms with van der Waals surface area (Å²) in [5.41, 5.74) is 1.87. The van der Waals surface area contributed by atoms with Crippen LogP contribution < -0.4 is 4.74 Å². The molecule has 2 aromatic rings. The summed E-state index contributed by atoms with van der Waals surface area (Å²) >= 11 is 6.33. The van der Waals surface area contributed by atoms with Crippen molar-refractivity contribution in [1.82, 2.24) is 19.5 Å². The summed E-state index contributed by atoms with van der Waals surface area (Å²) < 4.78 is 7.46. The van der Waals surface area contributed by atoms with Gasteiger partial charge in [0.2, 0.25) is 5.88 Å². The van der Waals surface area contributed by atoms with Crippen molar-refractivity contribution in [2.75, 3.05) is 7.11 Å². The van der Waals surface area contributed by atoms with Gasteiger partial charge in [-0.25, -0.2) is 9.97 Å². The van der Waals surface area contributed by atoms with Crippen LogP contribution in [0.2, 0.25) is 0 Å². The van der Waals surface area contributed by atoms with E-state index in [2.05, 4.69) is 33.4 Å². The number of hydrogen-bond acceptors (Lipinski definition) is 4. The predicted molar refractivity (Wildman–Crippen MR) is 82.6 cm³/mol. The molecule has 1 unspecified atom stereocenters. The normalized spacial score (nSPS) is 18.2. The minimum absolute atomic E-state index is 0.174. The van der Waals surface area contributed by atoms with Crippen LogP contribution >= 0.6 is 11.6 Å². The Bertz CT molecular complexity index is 661. The maximum atomic E-state index is 6.33. The van der Waals surface area contributed by atoms with E-state index in [1.54, 1.807) is 7.11 Å². The van der Waals surface area contributed by atoms with Gasteiger partial charge in [0, 0.05) is 6.54 Å². The molecule has 0 bridgehead atoms. The Balaban J connectivity index is 2.13. The zero-order valence-electron chi connectivity index (χ0n) is 12.9. The molecule has 0 saturated heterocycles. The van der Waals surface area contributed by atoms with Gasteiger partial charge in [0.05, 0.1) is 12.5 Å². The molecule has 1 aliphatic carbocycles. The first kappa shape index (κ1) is 14.6. The molecular formula is C15H21ClN4O. The number of hydrogen-bond donors (Lipinski definition) is 0. The van der Waals surface area contributed by atoms with E-state index in [0.717, 1.165) is 18.0 Å². The number of ether oxygens (including phenoxy) is 1. The monoisotopic (exact) mass is 308 g/mol. The van der Waals surface area contributed by atoms with Crippen molar-refractivity contribution < 1.29 is 4.74 Å². The molecule has 0 aromatic carbocycles. The molecule has 5 nitrogen and oxygen atoms in total. The van der Waals surface area contributed by atoms with Gasteiger partial charge in [-0.1, -0.05) is 13.8 Å². The van der Waals surface area contributed by atoms with Crippen LogP contribution in [0.1, 0.15) is 44.8 Å². The molecule has 114 valence electrons. The van der Waals surface area contributed by atoms with Gasteiger partial charge in [0.25, 0.3) is 0 Å². The molecule has 0 aliphatic heterocycles. The van der Waals surface area contributed by atoms with Gasteiger partial charge in [0.15, 0.2) is 11.2 Å². The third kappa shape index (κ3) is 2.37. The average molecular weight is 309 g/mol. The fraction of sp³-hybridized carbons (Fsp3) is 0.667. The standard InChI is InChI=1S/C15H21ClN4O/c1-9(2)15(5-6-15)7-20-12(10(3)16)19-11-13(20)17-8-18-14(11)21-4/h8-10H,5-7H2,1-4H3. The summed E-state index contributed by atoms with van der Waals surface area (Å²) in [5.74, 6) is 1.99. The van der Waals surface area contributed by atoms with Gasteiger partial charge < -0.3 is 9.30 Å². The molecule has 1 saturated carbocycles. The van der Waals surface area contributed by atoms with Crippen molar-refractivity contribution >= 4 is 22.8 Å². The third-order valence-electron chi connectivity index (χ3n) is 4.67. The number of methoxy groups -OCH3 is 1. The second-order valence-electron chi connectivity index (χ2n) is 6.24. The van der Waals surface area contributed by atoms with E-state index in [1.807, 2.05) is 6.92 Å². The molecular weight excluding hydrogens is 288 g/mol. The molecule has 0 N–H and O–H groups in total. The number of nitrogens with zero attached hydrogens (tertiary/aromatic N) is 4. The van der Waals surface area contributed by atoms with Crippen molar-refractivity contribution in [3.05, 3.63) is 12.2 Å². The zero-order chi connectivity index (χ0) is 15.2. The minimum Gasteiger partial charge on any atom is -0.479 e. The third-order valence-corrected chi connectivity index (χ3v) is 4.86. The highest BCUT2D eigenvalue weighted by molar-refractivity contribution is 6.20. The van der Waals surface area contributed by atoms with Gasteiger partial charge in [-0.15, -0.1) is 11.6 Å².